The minimum atomic E-state index is -0.128. The van der Waals surface area contributed by atoms with Crippen molar-refractivity contribution in [2.75, 3.05) is 40.0 Å². The van der Waals surface area contributed by atoms with Gasteiger partial charge in [0.25, 0.3) is 5.91 Å². The van der Waals surface area contributed by atoms with E-state index < -0.39 is 0 Å². The van der Waals surface area contributed by atoms with E-state index in [0.717, 1.165) is 0 Å². The summed E-state index contributed by atoms with van der Waals surface area (Å²) in [5.41, 5.74) is 0.343. The molecule has 0 aromatic carbocycles. The van der Waals surface area contributed by atoms with E-state index in [9.17, 15) is 9.59 Å². The quantitative estimate of drug-likeness (QED) is 0.768. The van der Waals surface area contributed by atoms with E-state index in [-0.39, 0.29) is 30.6 Å². The summed E-state index contributed by atoms with van der Waals surface area (Å²) in [5, 5.41) is 7.65. The number of hydrogen-bond donors (Lipinski definition) is 0. The summed E-state index contributed by atoms with van der Waals surface area (Å²) in [4.78, 5) is 28.3. The van der Waals surface area contributed by atoms with Crippen molar-refractivity contribution in [2.45, 2.75) is 25.0 Å². The lowest BCUT2D eigenvalue weighted by molar-refractivity contribution is -0.158. The Morgan fingerprint density at radius 1 is 1.42 bits per heavy atom. The first-order valence-electron chi connectivity index (χ1n) is 8.17. The Labute approximate surface area is 140 Å². The summed E-state index contributed by atoms with van der Waals surface area (Å²) in [6.45, 7) is 2.30. The molecule has 0 spiro atoms. The SMILES string of the molecule is COCCN1C(=O)CO[C@H]2CCN(C(=O)c3cccnn3)CC[C@@H]21. The van der Waals surface area contributed by atoms with Crippen LogP contribution in [0.5, 0.6) is 0 Å². The fourth-order valence-corrected chi connectivity index (χ4v) is 3.32. The van der Waals surface area contributed by atoms with Crippen molar-refractivity contribution >= 4 is 11.8 Å². The molecule has 0 aliphatic carbocycles. The minimum absolute atomic E-state index is 0.0120. The molecule has 0 bridgehead atoms. The van der Waals surface area contributed by atoms with Gasteiger partial charge in [-0.25, -0.2) is 0 Å². The molecule has 2 aliphatic heterocycles. The highest BCUT2D eigenvalue weighted by atomic mass is 16.5. The molecule has 2 fully saturated rings. The van der Waals surface area contributed by atoms with Crippen molar-refractivity contribution < 1.29 is 19.1 Å². The zero-order valence-corrected chi connectivity index (χ0v) is 13.8. The van der Waals surface area contributed by atoms with Crippen molar-refractivity contribution in [2.24, 2.45) is 0 Å². The monoisotopic (exact) mass is 334 g/mol. The van der Waals surface area contributed by atoms with E-state index in [0.29, 0.717) is 44.8 Å². The van der Waals surface area contributed by atoms with E-state index in [2.05, 4.69) is 10.2 Å². The Kier molecular flexibility index (Phi) is 5.37. The van der Waals surface area contributed by atoms with E-state index in [1.54, 1.807) is 30.3 Å². The van der Waals surface area contributed by atoms with E-state index in [1.807, 2.05) is 4.90 Å². The Bertz CT molecular complexity index is 583. The van der Waals surface area contributed by atoms with Crippen molar-refractivity contribution in [1.82, 2.24) is 20.0 Å². The van der Waals surface area contributed by atoms with Crippen LogP contribution in [-0.4, -0.2) is 83.9 Å². The van der Waals surface area contributed by atoms with Crippen molar-refractivity contribution in [1.29, 1.82) is 0 Å². The Hall–Kier alpha value is -2.06. The van der Waals surface area contributed by atoms with Crippen LogP contribution >= 0.6 is 0 Å². The highest BCUT2D eigenvalue weighted by molar-refractivity contribution is 5.92. The number of aromatic nitrogens is 2. The van der Waals surface area contributed by atoms with Crippen LogP contribution in [-0.2, 0) is 14.3 Å². The summed E-state index contributed by atoms with van der Waals surface area (Å²) < 4.78 is 10.8. The van der Waals surface area contributed by atoms with Gasteiger partial charge in [0.05, 0.1) is 18.8 Å². The molecule has 8 heteroatoms. The molecule has 1 aromatic heterocycles. The number of hydrogen-bond acceptors (Lipinski definition) is 6. The van der Waals surface area contributed by atoms with Crippen LogP contribution in [0, 0.1) is 0 Å². The summed E-state index contributed by atoms with van der Waals surface area (Å²) in [7, 11) is 1.62. The van der Waals surface area contributed by atoms with Gasteiger partial charge in [-0.1, -0.05) is 0 Å². The van der Waals surface area contributed by atoms with E-state index in [4.69, 9.17) is 9.47 Å². The minimum Gasteiger partial charge on any atom is -0.383 e. The number of fused-ring (bicyclic) bond motifs is 1. The van der Waals surface area contributed by atoms with Crippen LogP contribution in [0.3, 0.4) is 0 Å². The van der Waals surface area contributed by atoms with Crippen LogP contribution in [0.2, 0.25) is 0 Å². The number of ether oxygens (including phenoxy) is 2. The average Bonchev–Trinajstić information content (AvgIpc) is 2.84. The molecule has 0 saturated carbocycles. The summed E-state index contributed by atoms with van der Waals surface area (Å²) in [5.74, 6) is -0.140. The van der Waals surface area contributed by atoms with Gasteiger partial charge >= 0.3 is 0 Å². The Morgan fingerprint density at radius 2 is 2.25 bits per heavy atom. The zero-order valence-electron chi connectivity index (χ0n) is 13.8. The van der Waals surface area contributed by atoms with Crippen LogP contribution in [0.4, 0.5) is 0 Å². The maximum Gasteiger partial charge on any atom is 0.274 e. The molecule has 3 heterocycles. The lowest BCUT2D eigenvalue weighted by Gasteiger charge is -2.40. The third-order valence-electron chi connectivity index (χ3n) is 4.56. The predicted octanol–water partition coefficient (Wildman–Crippen LogP) is -0.0450. The van der Waals surface area contributed by atoms with Crippen molar-refractivity contribution in [3.05, 3.63) is 24.0 Å². The Morgan fingerprint density at radius 3 is 3.00 bits per heavy atom. The molecule has 0 radical (unpaired) electrons. The van der Waals surface area contributed by atoms with Gasteiger partial charge in [0.1, 0.15) is 6.61 Å². The molecule has 0 unspecified atom stereocenters. The molecule has 2 amide bonds. The molecule has 2 aliphatic rings. The molecule has 8 nitrogen and oxygen atoms in total. The molecular formula is C16H22N4O4. The van der Waals surface area contributed by atoms with Gasteiger partial charge < -0.3 is 19.3 Å². The van der Waals surface area contributed by atoms with Gasteiger partial charge in [-0.15, -0.1) is 5.10 Å². The fraction of sp³-hybridized carbons (Fsp3) is 0.625. The number of likely N-dealkylation sites (tertiary alicyclic amines) is 1. The summed E-state index contributed by atoms with van der Waals surface area (Å²) in [6.07, 6.45) is 2.89. The first-order chi connectivity index (χ1) is 11.7. The second-order valence-corrected chi connectivity index (χ2v) is 5.98. The van der Waals surface area contributed by atoms with Crippen LogP contribution in [0.15, 0.2) is 18.3 Å². The molecule has 0 N–H and O–H groups in total. The van der Waals surface area contributed by atoms with Gasteiger partial charge in [0.15, 0.2) is 5.69 Å². The standard InChI is InChI=1S/C16H22N4O4/c1-23-10-9-20-13-4-7-19(8-5-14(13)24-11-15(20)21)16(22)12-3-2-6-17-18-12/h2-3,6,13-14H,4-5,7-11H2,1H3/t13-,14-/m0/s1. The van der Waals surface area contributed by atoms with Crippen LogP contribution in [0.1, 0.15) is 23.3 Å². The maximum atomic E-state index is 12.6. The molecule has 1 aromatic rings. The van der Waals surface area contributed by atoms with Gasteiger partial charge in [-0.2, -0.15) is 5.10 Å². The first-order valence-corrected chi connectivity index (χ1v) is 8.17. The zero-order chi connectivity index (χ0) is 16.9. The summed E-state index contributed by atoms with van der Waals surface area (Å²) in [6, 6.07) is 3.35. The Balaban J connectivity index is 1.69. The predicted molar refractivity (Wildman–Crippen MR) is 84.3 cm³/mol. The highest BCUT2D eigenvalue weighted by Gasteiger charge is 2.39. The van der Waals surface area contributed by atoms with Gasteiger partial charge in [-0.05, 0) is 25.0 Å². The summed E-state index contributed by atoms with van der Waals surface area (Å²) >= 11 is 0. The first kappa shape index (κ1) is 16.8. The van der Waals surface area contributed by atoms with Crippen LogP contribution < -0.4 is 0 Å². The third-order valence-corrected chi connectivity index (χ3v) is 4.56. The number of amides is 2. The van der Waals surface area contributed by atoms with Gasteiger partial charge in [0.2, 0.25) is 5.91 Å². The average molecular weight is 334 g/mol. The molecule has 2 atom stereocenters. The number of morpholine rings is 1. The number of carbonyl (C=O) groups is 2. The van der Waals surface area contributed by atoms with Crippen molar-refractivity contribution in [3.63, 3.8) is 0 Å². The number of nitrogens with zero attached hydrogens (tertiary/aromatic N) is 4. The molecule has 130 valence electrons. The third kappa shape index (κ3) is 3.54. The highest BCUT2D eigenvalue weighted by Crippen LogP contribution is 2.24. The van der Waals surface area contributed by atoms with E-state index >= 15 is 0 Å². The lowest BCUT2D eigenvalue weighted by atomic mass is 10.0. The van der Waals surface area contributed by atoms with E-state index in [1.165, 1.54) is 0 Å². The molecule has 2 saturated heterocycles. The number of rotatable bonds is 4. The van der Waals surface area contributed by atoms with Crippen LogP contribution in [0.25, 0.3) is 0 Å². The smallest absolute Gasteiger partial charge is 0.274 e. The van der Waals surface area contributed by atoms with Gasteiger partial charge in [0, 0.05) is 32.9 Å². The largest absolute Gasteiger partial charge is 0.383 e. The maximum absolute atomic E-state index is 12.6. The fourth-order valence-electron chi connectivity index (χ4n) is 3.32. The van der Waals surface area contributed by atoms with Gasteiger partial charge in [-0.3, -0.25) is 9.59 Å². The number of methoxy groups -OCH3 is 1. The second kappa shape index (κ2) is 7.67. The molecule has 24 heavy (non-hydrogen) atoms. The second-order valence-electron chi connectivity index (χ2n) is 5.98. The molecular weight excluding hydrogens is 312 g/mol. The van der Waals surface area contributed by atoms with Crippen molar-refractivity contribution in [3.8, 4) is 0 Å². The topological polar surface area (TPSA) is 84.9 Å². The normalized spacial score (nSPS) is 24.5. The molecule has 3 rings (SSSR count). The number of carbonyl (C=O) groups excluding carboxylic acids is 2. The lowest BCUT2D eigenvalue weighted by Crippen LogP contribution is -2.55.